The molecule has 19 nitrogen and oxygen atoms in total. The zero-order chi connectivity index (χ0) is 52.6. The minimum atomic E-state index is -3.56. The second-order valence-corrected chi connectivity index (χ2v) is 24.1. The smallest absolute Gasteiger partial charge is 0.326 e. The largest absolute Gasteiger partial charge is 0.480 e. The van der Waals surface area contributed by atoms with Crippen molar-refractivity contribution >= 4 is 49.3 Å². The molecule has 1 aromatic rings. The normalized spacial score (nSPS) is 22.3. The zero-order valence-corrected chi connectivity index (χ0v) is 44.7. The Hall–Kier alpha value is -3.99. The lowest BCUT2D eigenvalue weighted by atomic mass is 9.89. The van der Waals surface area contributed by atoms with Crippen LogP contribution in [0.2, 0.25) is 0 Å². The summed E-state index contributed by atoms with van der Waals surface area (Å²) in [5, 5.41) is 16.6. The molecule has 3 fully saturated rings. The van der Waals surface area contributed by atoms with E-state index in [2.05, 4.69) is 17.2 Å². The second-order valence-electron chi connectivity index (χ2n) is 19.7. The number of nitrogens with one attached hydrogen (secondary N) is 2. The van der Waals surface area contributed by atoms with Gasteiger partial charge in [-0.1, -0.05) is 78.0 Å². The van der Waals surface area contributed by atoms with Gasteiger partial charge < -0.3 is 44.5 Å². The van der Waals surface area contributed by atoms with Gasteiger partial charge in [0.05, 0.1) is 86.4 Å². The Morgan fingerprint density at radius 3 is 2.15 bits per heavy atom. The van der Waals surface area contributed by atoms with Crippen LogP contribution in [0.1, 0.15) is 85.1 Å². The van der Waals surface area contributed by atoms with Gasteiger partial charge in [0.15, 0.2) is 19.7 Å². The number of hydrogen-bond acceptors (Lipinski definition) is 14. The van der Waals surface area contributed by atoms with E-state index in [0.29, 0.717) is 25.8 Å². The van der Waals surface area contributed by atoms with Crippen molar-refractivity contribution in [1.82, 2.24) is 25.3 Å². The average molecular weight is 1040 g/mol. The van der Waals surface area contributed by atoms with Crippen LogP contribution in [-0.2, 0) is 69.0 Å². The number of sulfone groups is 2. The number of carbonyl (C=O) groups excluding carboxylic acids is 4. The third-order valence-corrected chi connectivity index (χ3v) is 17.5. The molecule has 2 aliphatic heterocycles. The number of carboxylic acids is 1. The Morgan fingerprint density at radius 2 is 1.56 bits per heavy atom. The van der Waals surface area contributed by atoms with E-state index in [1.807, 2.05) is 38.7 Å². The highest BCUT2D eigenvalue weighted by Gasteiger charge is 2.50. The summed E-state index contributed by atoms with van der Waals surface area (Å²) in [6, 6.07) is 5.29. The molecule has 402 valence electrons. The van der Waals surface area contributed by atoms with Crippen LogP contribution in [0.4, 0.5) is 0 Å². The number of hydrogen-bond donors (Lipinski definition) is 3. The molecular formula is C50H81N5O14S2. The summed E-state index contributed by atoms with van der Waals surface area (Å²) in [7, 11) is -2.29. The molecule has 3 N–H and O–H groups in total. The molecule has 0 radical (unpaired) electrons. The maximum absolute atomic E-state index is 14.7. The molecule has 1 aromatic carbocycles. The van der Waals surface area contributed by atoms with Crippen LogP contribution in [0.3, 0.4) is 0 Å². The molecule has 21 heteroatoms. The summed E-state index contributed by atoms with van der Waals surface area (Å²) in [5.74, 6) is -4.45. The fourth-order valence-electron chi connectivity index (χ4n) is 10.5. The molecule has 2 saturated heterocycles. The van der Waals surface area contributed by atoms with Gasteiger partial charge in [0, 0.05) is 52.2 Å². The lowest BCUT2D eigenvalue weighted by molar-refractivity contribution is -0.148. The van der Waals surface area contributed by atoms with Gasteiger partial charge in [-0.3, -0.25) is 24.1 Å². The quantitative estimate of drug-likeness (QED) is 0.0879. The zero-order valence-electron chi connectivity index (χ0n) is 43.0. The number of aliphatic carboxylic acids is 1. The number of methoxy groups -OCH3 is 2. The van der Waals surface area contributed by atoms with Gasteiger partial charge >= 0.3 is 5.97 Å². The highest BCUT2D eigenvalue weighted by Crippen LogP contribution is 2.42. The second kappa shape index (κ2) is 27.9. The minimum absolute atomic E-state index is 0.00989. The fraction of sp³-hybridized carbons (Fsp3) is 0.740. The standard InChI is InChI=1S/C50H81N5O14S2/c1-10-34(5)44(41(66-8)32-42(56)55-21-15-18-40(55)46(67-9)35(6)47(57)51-39(50(60)61)30-36-16-13-12-14-17-36)53(7)49(59)43(33(3)4)52-48(58)45-37-19-20-38(31-37)54(45)22-27-71(64,65)29-26-69-24-23-68-25-28-70(62,63)11-2/h11-14,16-17,33-35,37-41,43-46H,2,10,15,18-32H2,1,3-9H3,(H,51,57)(H,52,58)(H,60,61)/t34-,35+,37?,38-,39-,40-,41+,43-,44-,45-,46+/m0/s1. The first-order chi connectivity index (χ1) is 33.6. The number of ether oxygens (including phenoxy) is 4. The number of likely N-dealkylation sites (tertiary alicyclic amines) is 2. The van der Waals surface area contributed by atoms with E-state index in [0.717, 1.165) is 30.2 Å². The molecular weight excluding hydrogens is 959 g/mol. The maximum Gasteiger partial charge on any atom is 0.326 e. The number of amides is 4. The van der Waals surface area contributed by atoms with E-state index in [1.54, 1.807) is 48.0 Å². The topological polar surface area (TPSA) is 245 Å². The number of likely N-dealkylation sites (N-methyl/N-ethyl adjacent to an activating group) is 1. The summed E-state index contributed by atoms with van der Waals surface area (Å²) < 4.78 is 71.9. The molecule has 4 rings (SSSR count). The Balaban J connectivity index is 1.39. The van der Waals surface area contributed by atoms with E-state index in [9.17, 15) is 45.9 Å². The molecule has 2 bridgehead atoms. The lowest BCUT2D eigenvalue weighted by Crippen LogP contribution is -2.60. The molecule has 1 unspecified atom stereocenters. The first-order valence-corrected chi connectivity index (χ1v) is 28.6. The van der Waals surface area contributed by atoms with Crippen molar-refractivity contribution in [2.75, 3.05) is 78.0 Å². The summed E-state index contributed by atoms with van der Waals surface area (Å²) in [6.45, 7) is 13.3. The molecule has 3 aliphatic rings. The molecule has 1 saturated carbocycles. The van der Waals surface area contributed by atoms with Gasteiger partial charge in [0.1, 0.15) is 12.1 Å². The van der Waals surface area contributed by atoms with Gasteiger partial charge in [-0.15, -0.1) is 0 Å². The highest BCUT2D eigenvalue weighted by molar-refractivity contribution is 7.94. The highest BCUT2D eigenvalue weighted by atomic mass is 32.2. The van der Waals surface area contributed by atoms with Crippen LogP contribution in [0, 0.1) is 23.7 Å². The van der Waals surface area contributed by atoms with Crippen molar-refractivity contribution < 1.29 is 64.9 Å². The lowest BCUT2D eigenvalue weighted by Gasteiger charge is -2.41. The first kappa shape index (κ1) is 59.6. The van der Waals surface area contributed by atoms with Crippen LogP contribution in [0.15, 0.2) is 42.3 Å². The summed E-state index contributed by atoms with van der Waals surface area (Å²) >= 11 is 0. The van der Waals surface area contributed by atoms with Gasteiger partial charge in [-0.05, 0) is 55.4 Å². The van der Waals surface area contributed by atoms with Gasteiger partial charge in [0.2, 0.25) is 23.6 Å². The van der Waals surface area contributed by atoms with Crippen molar-refractivity contribution in [2.24, 2.45) is 23.7 Å². The average Bonchev–Trinajstić information content (AvgIpc) is 4.11. The SMILES string of the molecule is C=CS(=O)(=O)CCOCCOCCS(=O)(=O)CCN1[C@H]2CCC(C2)[C@H]1C(=O)N[C@H](C(=O)N(C)[C@@H]([C@@H](C)CC)[C@@H](CC(=O)N1CCC[C@H]1[C@H](OC)[C@@H](C)C(=O)N[C@@H](Cc1ccccc1)C(=O)O)OC)C(C)C. The predicted molar refractivity (Wildman–Crippen MR) is 269 cm³/mol. The summed E-state index contributed by atoms with van der Waals surface area (Å²) in [4.78, 5) is 74.5. The van der Waals surface area contributed by atoms with Crippen LogP contribution in [-0.4, -0.2) is 193 Å². The molecule has 0 spiro atoms. The Bertz CT molecular complexity index is 2150. The van der Waals surface area contributed by atoms with Crippen molar-refractivity contribution in [3.05, 3.63) is 47.9 Å². The molecule has 11 atom stereocenters. The van der Waals surface area contributed by atoms with Crippen LogP contribution >= 0.6 is 0 Å². The summed E-state index contributed by atoms with van der Waals surface area (Å²) in [5.41, 5.74) is 0.760. The monoisotopic (exact) mass is 1040 g/mol. The van der Waals surface area contributed by atoms with E-state index >= 15 is 0 Å². The number of nitrogens with zero attached hydrogens (tertiary/aromatic N) is 3. The first-order valence-electron chi connectivity index (χ1n) is 25.1. The van der Waals surface area contributed by atoms with E-state index in [1.165, 1.54) is 14.2 Å². The third-order valence-electron chi connectivity index (χ3n) is 14.7. The van der Waals surface area contributed by atoms with Gasteiger partial charge in [-0.2, -0.15) is 0 Å². The third kappa shape index (κ3) is 16.8. The van der Waals surface area contributed by atoms with Crippen molar-refractivity contribution in [1.29, 1.82) is 0 Å². The Morgan fingerprint density at radius 1 is 0.901 bits per heavy atom. The van der Waals surface area contributed by atoms with E-state index < -0.39 is 79.9 Å². The Labute approximate surface area is 421 Å². The van der Waals surface area contributed by atoms with Gasteiger partial charge in [0.25, 0.3) is 0 Å². The molecule has 0 aromatic heterocycles. The summed E-state index contributed by atoms with van der Waals surface area (Å²) in [6.07, 6.45) is 2.82. The molecule has 4 amide bonds. The minimum Gasteiger partial charge on any atom is -0.480 e. The van der Waals surface area contributed by atoms with Crippen LogP contribution < -0.4 is 10.6 Å². The van der Waals surface area contributed by atoms with Crippen LogP contribution in [0.25, 0.3) is 0 Å². The number of piperidine rings is 1. The molecule has 1 aliphatic carbocycles. The van der Waals surface area contributed by atoms with Crippen molar-refractivity contribution in [3.63, 3.8) is 0 Å². The predicted octanol–water partition coefficient (Wildman–Crippen LogP) is 2.72. The molecule has 71 heavy (non-hydrogen) atoms. The number of benzene rings is 1. The Kier molecular flexibility index (Phi) is 23.4. The van der Waals surface area contributed by atoms with Crippen molar-refractivity contribution in [3.8, 4) is 0 Å². The molecule has 2 heterocycles. The number of carbonyl (C=O) groups is 5. The van der Waals surface area contributed by atoms with Crippen LogP contribution in [0.5, 0.6) is 0 Å². The van der Waals surface area contributed by atoms with E-state index in [-0.39, 0.29) is 105 Å². The van der Waals surface area contributed by atoms with E-state index in [4.69, 9.17) is 18.9 Å². The number of fused-ring (bicyclic) bond motifs is 2. The number of rotatable bonds is 32. The maximum atomic E-state index is 14.7. The van der Waals surface area contributed by atoms with Crippen molar-refractivity contribution in [2.45, 2.75) is 134 Å². The fourth-order valence-corrected chi connectivity index (χ4v) is 12.1. The number of carboxylic acid groups (broad SMARTS) is 1. The van der Waals surface area contributed by atoms with Gasteiger partial charge in [-0.25, -0.2) is 21.6 Å².